The molecule has 0 bridgehead atoms. The van der Waals surface area contributed by atoms with Gasteiger partial charge in [0.05, 0.1) is 0 Å². The highest BCUT2D eigenvalue weighted by Gasteiger charge is 1.92. The van der Waals surface area contributed by atoms with Crippen molar-refractivity contribution < 1.29 is 4.79 Å². The molecule has 0 N–H and O–H groups in total. The molecular weight excluding hydrogens is 162 g/mol. The average molecular weight is 177 g/mol. The Balaban J connectivity index is 2.48. The van der Waals surface area contributed by atoms with Gasteiger partial charge in [0.1, 0.15) is 0 Å². The molecule has 0 spiro atoms. The van der Waals surface area contributed by atoms with Gasteiger partial charge in [0.25, 0.3) is 0 Å². The Bertz CT molecular complexity index is 310. The van der Waals surface area contributed by atoms with E-state index in [1.807, 2.05) is 25.3 Å². The highest BCUT2D eigenvalue weighted by atomic mass is 16.1. The van der Waals surface area contributed by atoms with Crippen molar-refractivity contribution >= 4 is 5.78 Å². The fourth-order valence-corrected chi connectivity index (χ4v) is 1.12. The second-order valence-electron chi connectivity index (χ2n) is 3.02. The van der Waals surface area contributed by atoms with Crippen LogP contribution in [0.5, 0.6) is 0 Å². The number of hydrogen-bond donors (Lipinski definition) is 0. The Morgan fingerprint density at radius 1 is 1.62 bits per heavy atom. The molecule has 0 aliphatic rings. The van der Waals surface area contributed by atoms with E-state index in [4.69, 9.17) is 0 Å². The first-order valence-corrected chi connectivity index (χ1v) is 4.55. The van der Waals surface area contributed by atoms with Crippen molar-refractivity contribution in [1.82, 2.24) is 4.57 Å². The lowest BCUT2D eigenvalue weighted by Gasteiger charge is -1.99. The third kappa shape index (κ3) is 2.90. The number of aromatic nitrogens is 1. The van der Waals surface area contributed by atoms with Crippen LogP contribution in [0.3, 0.4) is 0 Å². The molecule has 1 aromatic rings. The molecule has 0 atom stereocenters. The van der Waals surface area contributed by atoms with Gasteiger partial charge in [-0.05, 0) is 25.1 Å². The van der Waals surface area contributed by atoms with E-state index in [0.717, 1.165) is 6.54 Å². The van der Waals surface area contributed by atoms with Crippen LogP contribution in [0.2, 0.25) is 0 Å². The summed E-state index contributed by atoms with van der Waals surface area (Å²) < 4.78 is 2.10. The molecule has 0 amide bonds. The molecule has 1 heterocycles. The molecule has 0 unspecified atom stereocenters. The molecule has 13 heavy (non-hydrogen) atoms. The predicted octanol–water partition coefficient (Wildman–Crippen LogP) is 2.33. The zero-order chi connectivity index (χ0) is 9.68. The summed E-state index contributed by atoms with van der Waals surface area (Å²) in [7, 11) is 0. The Hall–Kier alpha value is -1.31. The first-order chi connectivity index (χ1) is 6.24. The summed E-state index contributed by atoms with van der Waals surface area (Å²) in [6.45, 7) is 4.70. The quantitative estimate of drug-likeness (QED) is 0.647. The van der Waals surface area contributed by atoms with Crippen molar-refractivity contribution in [2.75, 3.05) is 0 Å². The fourth-order valence-electron chi connectivity index (χ4n) is 1.12. The summed E-state index contributed by atoms with van der Waals surface area (Å²) in [5.41, 5.74) is 1.22. The number of ketones is 1. The van der Waals surface area contributed by atoms with Gasteiger partial charge in [-0.1, -0.05) is 13.0 Å². The Morgan fingerprint density at radius 2 is 2.38 bits per heavy atom. The van der Waals surface area contributed by atoms with Crippen molar-refractivity contribution in [2.24, 2.45) is 0 Å². The van der Waals surface area contributed by atoms with Crippen molar-refractivity contribution in [3.8, 4) is 0 Å². The summed E-state index contributed by atoms with van der Waals surface area (Å²) in [4.78, 5) is 10.9. The van der Waals surface area contributed by atoms with Gasteiger partial charge in [-0.2, -0.15) is 0 Å². The van der Waals surface area contributed by atoms with E-state index in [2.05, 4.69) is 17.6 Å². The van der Waals surface area contributed by atoms with Gasteiger partial charge < -0.3 is 4.57 Å². The largest absolute Gasteiger partial charge is 0.348 e. The smallest absolute Gasteiger partial charge is 0.155 e. The molecule has 0 saturated carbocycles. The third-order valence-corrected chi connectivity index (χ3v) is 2.01. The van der Waals surface area contributed by atoms with E-state index in [1.54, 1.807) is 6.08 Å². The number of aryl methyl sites for hydroxylation is 1. The fraction of sp³-hybridized carbons (Fsp3) is 0.364. The number of allylic oxidation sites excluding steroid dienone is 2. The van der Waals surface area contributed by atoms with Crippen LogP contribution in [-0.2, 0) is 11.3 Å². The van der Waals surface area contributed by atoms with E-state index < -0.39 is 0 Å². The van der Waals surface area contributed by atoms with Crippen LogP contribution in [0, 0.1) is 6.92 Å². The molecule has 0 aliphatic carbocycles. The molecule has 2 heteroatoms. The molecule has 1 aromatic heterocycles. The summed E-state index contributed by atoms with van der Waals surface area (Å²) in [6.07, 6.45) is 6.15. The lowest BCUT2D eigenvalue weighted by Crippen LogP contribution is -1.96. The maximum Gasteiger partial charge on any atom is 0.155 e. The minimum absolute atomic E-state index is 0.185. The van der Waals surface area contributed by atoms with E-state index >= 15 is 0 Å². The van der Waals surface area contributed by atoms with E-state index in [9.17, 15) is 4.79 Å². The predicted molar refractivity (Wildman–Crippen MR) is 53.6 cm³/mol. The van der Waals surface area contributed by atoms with Gasteiger partial charge in [0.2, 0.25) is 0 Å². The van der Waals surface area contributed by atoms with Gasteiger partial charge in [-0.3, -0.25) is 4.79 Å². The van der Waals surface area contributed by atoms with Crippen LogP contribution < -0.4 is 0 Å². The Labute approximate surface area is 78.9 Å². The molecular formula is C11H15NO. The highest BCUT2D eigenvalue weighted by molar-refractivity contribution is 5.89. The van der Waals surface area contributed by atoms with E-state index in [0.29, 0.717) is 6.42 Å². The second-order valence-corrected chi connectivity index (χ2v) is 3.02. The van der Waals surface area contributed by atoms with Crippen LogP contribution in [0.25, 0.3) is 0 Å². The molecule has 0 radical (unpaired) electrons. The highest BCUT2D eigenvalue weighted by Crippen LogP contribution is 1.99. The normalized spacial score (nSPS) is 10.9. The van der Waals surface area contributed by atoms with Crippen LogP contribution in [-0.4, -0.2) is 10.4 Å². The number of hydrogen-bond acceptors (Lipinski definition) is 1. The maximum atomic E-state index is 10.9. The maximum absolute atomic E-state index is 10.9. The summed E-state index contributed by atoms with van der Waals surface area (Å²) in [5.74, 6) is 0.185. The van der Waals surface area contributed by atoms with Gasteiger partial charge in [0.15, 0.2) is 5.78 Å². The van der Waals surface area contributed by atoms with Gasteiger partial charge in [0, 0.05) is 24.9 Å². The molecule has 0 saturated heterocycles. The monoisotopic (exact) mass is 177 g/mol. The Morgan fingerprint density at radius 3 is 2.92 bits per heavy atom. The van der Waals surface area contributed by atoms with Gasteiger partial charge in [-0.25, -0.2) is 0 Å². The van der Waals surface area contributed by atoms with Crippen molar-refractivity contribution in [1.29, 1.82) is 0 Å². The second kappa shape index (κ2) is 4.65. The zero-order valence-corrected chi connectivity index (χ0v) is 8.16. The average Bonchev–Trinajstić information content (AvgIpc) is 2.52. The number of nitrogens with zero attached hydrogens (tertiary/aromatic N) is 1. The first kappa shape index (κ1) is 9.78. The summed E-state index contributed by atoms with van der Waals surface area (Å²) in [5, 5.41) is 0. The molecule has 1 rings (SSSR count). The molecule has 0 aromatic carbocycles. The molecule has 2 nitrogen and oxygen atoms in total. The molecule has 0 aliphatic heterocycles. The van der Waals surface area contributed by atoms with E-state index in [1.165, 1.54) is 5.69 Å². The van der Waals surface area contributed by atoms with Crippen LogP contribution in [0.4, 0.5) is 0 Å². The minimum Gasteiger partial charge on any atom is -0.348 e. The topological polar surface area (TPSA) is 22.0 Å². The van der Waals surface area contributed by atoms with E-state index in [-0.39, 0.29) is 5.78 Å². The summed E-state index contributed by atoms with van der Waals surface area (Å²) >= 11 is 0. The number of rotatable bonds is 4. The van der Waals surface area contributed by atoms with Gasteiger partial charge in [-0.15, -0.1) is 0 Å². The number of carbonyl (C=O) groups excluding carboxylic acids is 1. The van der Waals surface area contributed by atoms with Crippen LogP contribution >= 0.6 is 0 Å². The molecule has 70 valence electrons. The Kier molecular flexibility index (Phi) is 3.50. The van der Waals surface area contributed by atoms with Crippen LogP contribution in [0.15, 0.2) is 30.5 Å². The van der Waals surface area contributed by atoms with Crippen molar-refractivity contribution in [2.45, 2.75) is 26.8 Å². The minimum atomic E-state index is 0.185. The van der Waals surface area contributed by atoms with Gasteiger partial charge >= 0.3 is 0 Å². The lowest BCUT2D eigenvalue weighted by atomic mass is 10.3. The zero-order valence-electron chi connectivity index (χ0n) is 8.16. The van der Waals surface area contributed by atoms with Crippen LogP contribution in [0.1, 0.15) is 19.0 Å². The number of carbonyl (C=O) groups is 1. The standard InChI is InChI=1S/C11H15NO/c1-3-11(13)7-5-9-12-8-4-6-10(12)2/h4-8H,3,9H2,1-2H3/b7-5+. The summed E-state index contributed by atoms with van der Waals surface area (Å²) in [6, 6.07) is 4.06. The van der Waals surface area contributed by atoms with Crippen molar-refractivity contribution in [3.63, 3.8) is 0 Å². The first-order valence-electron chi connectivity index (χ1n) is 4.55. The lowest BCUT2D eigenvalue weighted by molar-refractivity contribution is -0.114. The molecule has 0 fully saturated rings. The SMILES string of the molecule is CCC(=O)/C=C/Cn1cccc1C. The van der Waals surface area contributed by atoms with Crippen molar-refractivity contribution in [3.05, 3.63) is 36.2 Å². The third-order valence-electron chi connectivity index (χ3n) is 2.01.